The normalized spacial score (nSPS) is 10.7. The molecule has 0 saturated heterocycles. The fourth-order valence-corrected chi connectivity index (χ4v) is 2.16. The summed E-state index contributed by atoms with van der Waals surface area (Å²) in [7, 11) is 0. The van der Waals surface area contributed by atoms with E-state index in [9.17, 15) is 0 Å². The minimum atomic E-state index is 0.587. The Labute approximate surface area is 123 Å². The Morgan fingerprint density at radius 3 is 2.86 bits per heavy atom. The molecule has 3 rings (SSSR count). The molecule has 0 atom stereocenters. The van der Waals surface area contributed by atoms with Crippen molar-refractivity contribution < 1.29 is 4.74 Å². The second-order valence-electron chi connectivity index (χ2n) is 4.72. The number of hydrogen-bond donors (Lipinski definition) is 1. The molecule has 0 aliphatic rings. The van der Waals surface area contributed by atoms with Crippen molar-refractivity contribution in [3.05, 3.63) is 60.4 Å². The van der Waals surface area contributed by atoms with Crippen LogP contribution >= 0.6 is 0 Å². The van der Waals surface area contributed by atoms with E-state index < -0.39 is 0 Å². The van der Waals surface area contributed by atoms with Gasteiger partial charge in [-0.3, -0.25) is 4.98 Å². The first kappa shape index (κ1) is 13.5. The lowest BCUT2D eigenvalue weighted by Gasteiger charge is -2.08. The molecule has 4 heteroatoms. The maximum atomic E-state index is 5.91. The van der Waals surface area contributed by atoms with Crippen molar-refractivity contribution in [2.45, 2.75) is 13.5 Å². The molecule has 0 radical (unpaired) electrons. The monoisotopic (exact) mass is 279 g/mol. The zero-order chi connectivity index (χ0) is 14.5. The first-order chi connectivity index (χ1) is 10.4. The van der Waals surface area contributed by atoms with Gasteiger partial charge in [-0.2, -0.15) is 0 Å². The molecule has 0 saturated carbocycles. The Morgan fingerprint density at radius 2 is 1.95 bits per heavy atom. The molecule has 0 unspecified atom stereocenters. The quantitative estimate of drug-likeness (QED) is 0.776. The van der Waals surface area contributed by atoms with E-state index in [1.807, 2.05) is 42.5 Å². The minimum Gasteiger partial charge on any atom is -0.437 e. The average Bonchev–Trinajstić information content (AvgIpc) is 2.54. The number of ether oxygens (including phenoxy) is 1. The van der Waals surface area contributed by atoms with Crippen LogP contribution in [0, 0.1) is 0 Å². The summed E-state index contributed by atoms with van der Waals surface area (Å²) in [6, 6.07) is 13.8. The number of hydrogen-bond acceptors (Lipinski definition) is 4. The molecule has 3 aromatic rings. The molecular formula is C17H17N3O. The predicted molar refractivity (Wildman–Crippen MR) is 83.4 cm³/mol. The number of nitrogens with one attached hydrogen (secondary N) is 1. The van der Waals surface area contributed by atoms with Crippen molar-refractivity contribution >= 4 is 10.9 Å². The van der Waals surface area contributed by atoms with Crippen LogP contribution in [0.25, 0.3) is 10.9 Å². The SMILES string of the molecule is CCNCc1ccnc(Oc2cccc3cccnc23)c1. The highest BCUT2D eigenvalue weighted by Gasteiger charge is 2.05. The standard InChI is InChI=1S/C17H17N3O/c1-2-18-12-13-8-10-19-16(11-13)21-15-7-3-5-14-6-4-9-20-17(14)15/h3-11,18H,2,12H2,1H3. The van der Waals surface area contributed by atoms with Crippen LogP contribution in [0.5, 0.6) is 11.6 Å². The van der Waals surface area contributed by atoms with Gasteiger partial charge in [-0.15, -0.1) is 0 Å². The smallest absolute Gasteiger partial charge is 0.219 e. The molecule has 0 aliphatic carbocycles. The van der Waals surface area contributed by atoms with Crippen LogP contribution in [0.4, 0.5) is 0 Å². The van der Waals surface area contributed by atoms with E-state index in [-0.39, 0.29) is 0 Å². The van der Waals surface area contributed by atoms with Gasteiger partial charge in [-0.05, 0) is 30.3 Å². The number of aromatic nitrogens is 2. The third-order valence-corrected chi connectivity index (χ3v) is 3.19. The van der Waals surface area contributed by atoms with Gasteiger partial charge in [-0.25, -0.2) is 4.98 Å². The summed E-state index contributed by atoms with van der Waals surface area (Å²) >= 11 is 0. The highest BCUT2D eigenvalue weighted by Crippen LogP contribution is 2.27. The number of fused-ring (bicyclic) bond motifs is 1. The van der Waals surface area contributed by atoms with Gasteiger partial charge < -0.3 is 10.1 Å². The largest absolute Gasteiger partial charge is 0.437 e. The van der Waals surface area contributed by atoms with Gasteiger partial charge in [0.25, 0.3) is 0 Å². The van der Waals surface area contributed by atoms with E-state index in [0.29, 0.717) is 5.88 Å². The van der Waals surface area contributed by atoms with Gasteiger partial charge >= 0.3 is 0 Å². The molecule has 1 aromatic carbocycles. The second kappa shape index (κ2) is 6.33. The molecular weight excluding hydrogens is 262 g/mol. The summed E-state index contributed by atoms with van der Waals surface area (Å²) in [5, 5.41) is 4.34. The first-order valence-electron chi connectivity index (χ1n) is 7.04. The Bertz CT molecular complexity index is 737. The maximum Gasteiger partial charge on any atom is 0.219 e. The summed E-state index contributed by atoms with van der Waals surface area (Å²) in [5.74, 6) is 1.31. The molecule has 4 nitrogen and oxygen atoms in total. The van der Waals surface area contributed by atoms with E-state index in [0.717, 1.165) is 35.3 Å². The molecule has 1 N–H and O–H groups in total. The maximum absolute atomic E-state index is 5.91. The highest BCUT2D eigenvalue weighted by atomic mass is 16.5. The van der Waals surface area contributed by atoms with E-state index >= 15 is 0 Å². The van der Waals surface area contributed by atoms with Crippen molar-refractivity contribution in [2.75, 3.05) is 6.54 Å². The van der Waals surface area contributed by atoms with Crippen LogP contribution in [0.15, 0.2) is 54.9 Å². The molecule has 0 spiro atoms. The predicted octanol–water partition coefficient (Wildman–Crippen LogP) is 3.53. The van der Waals surface area contributed by atoms with Gasteiger partial charge in [0.05, 0.1) is 0 Å². The number of rotatable bonds is 5. The molecule has 2 heterocycles. The lowest BCUT2D eigenvalue weighted by atomic mass is 10.2. The second-order valence-corrected chi connectivity index (χ2v) is 4.72. The fraction of sp³-hybridized carbons (Fsp3) is 0.176. The van der Waals surface area contributed by atoms with E-state index in [1.54, 1.807) is 12.4 Å². The number of pyridine rings is 2. The number of benzene rings is 1. The van der Waals surface area contributed by atoms with Gasteiger partial charge in [0, 0.05) is 30.4 Å². The van der Waals surface area contributed by atoms with Gasteiger partial charge in [0.2, 0.25) is 5.88 Å². The lowest BCUT2D eigenvalue weighted by Crippen LogP contribution is -2.11. The van der Waals surface area contributed by atoms with Gasteiger partial charge in [-0.1, -0.05) is 25.1 Å². The van der Waals surface area contributed by atoms with Gasteiger partial charge in [0.15, 0.2) is 5.75 Å². The van der Waals surface area contributed by atoms with Crippen molar-refractivity contribution in [1.29, 1.82) is 0 Å². The number of para-hydroxylation sites is 1. The summed E-state index contributed by atoms with van der Waals surface area (Å²) in [4.78, 5) is 8.66. The lowest BCUT2D eigenvalue weighted by molar-refractivity contribution is 0.466. The van der Waals surface area contributed by atoms with Crippen LogP contribution in [0.3, 0.4) is 0 Å². The summed E-state index contributed by atoms with van der Waals surface area (Å²) in [6.07, 6.45) is 3.53. The Morgan fingerprint density at radius 1 is 1.05 bits per heavy atom. The van der Waals surface area contributed by atoms with Crippen LogP contribution in [0.2, 0.25) is 0 Å². The molecule has 0 fully saturated rings. The van der Waals surface area contributed by atoms with Crippen molar-refractivity contribution in [1.82, 2.24) is 15.3 Å². The van der Waals surface area contributed by atoms with Crippen LogP contribution in [-0.4, -0.2) is 16.5 Å². The molecule has 2 aromatic heterocycles. The molecule has 0 aliphatic heterocycles. The van der Waals surface area contributed by atoms with Crippen LogP contribution in [0.1, 0.15) is 12.5 Å². The van der Waals surface area contributed by atoms with E-state index in [1.165, 1.54) is 0 Å². The van der Waals surface area contributed by atoms with Gasteiger partial charge in [0.1, 0.15) is 5.52 Å². The third-order valence-electron chi connectivity index (χ3n) is 3.19. The zero-order valence-corrected chi connectivity index (χ0v) is 11.9. The van der Waals surface area contributed by atoms with E-state index in [4.69, 9.17) is 4.74 Å². The summed E-state index contributed by atoms with van der Waals surface area (Å²) in [6.45, 7) is 3.83. The molecule has 21 heavy (non-hydrogen) atoms. The van der Waals surface area contributed by atoms with Crippen molar-refractivity contribution in [3.63, 3.8) is 0 Å². The fourth-order valence-electron chi connectivity index (χ4n) is 2.16. The van der Waals surface area contributed by atoms with Crippen LogP contribution < -0.4 is 10.1 Å². The third kappa shape index (κ3) is 3.17. The van der Waals surface area contributed by atoms with Crippen molar-refractivity contribution in [2.24, 2.45) is 0 Å². The van der Waals surface area contributed by atoms with Crippen LogP contribution in [-0.2, 0) is 6.54 Å². The zero-order valence-electron chi connectivity index (χ0n) is 11.9. The minimum absolute atomic E-state index is 0.587. The Balaban J connectivity index is 1.88. The Hall–Kier alpha value is -2.46. The molecule has 0 bridgehead atoms. The first-order valence-corrected chi connectivity index (χ1v) is 7.04. The molecule has 106 valence electrons. The Kier molecular flexibility index (Phi) is 4.07. The summed E-state index contributed by atoms with van der Waals surface area (Å²) < 4.78 is 5.91. The average molecular weight is 279 g/mol. The van der Waals surface area contributed by atoms with Crippen molar-refractivity contribution in [3.8, 4) is 11.6 Å². The number of nitrogens with zero attached hydrogens (tertiary/aromatic N) is 2. The molecule has 0 amide bonds. The van der Waals surface area contributed by atoms with E-state index in [2.05, 4.69) is 22.2 Å². The highest BCUT2D eigenvalue weighted by molar-refractivity contribution is 5.84. The summed E-state index contributed by atoms with van der Waals surface area (Å²) in [5.41, 5.74) is 1.99. The topological polar surface area (TPSA) is 47.0 Å².